The van der Waals surface area contributed by atoms with Gasteiger partial charge in [0.2, 0.25) is 0 Å². The average Bonchev–Trinajstić information content (AvgIpc) is 2.65. The number of benzene rings is 1. The van der Waals surface area contributed by atoms with Gasteiger partial charge < -0.3 is 18.6 Å². The monoisotopic (exact) mass is 424 g/mol. The lowest BCUT2D eigenvalue weighted by Gasteiger charge is -2.44. The van der Waals surface area contributed by atoms with Crippen LogP contribution in [0.4, 0.5) is 0 Å². The van der Waals surface area contributed by atoms with E-state index in [0.717, 1.165) is 5.56 Å². The van der Waals surface area contributed by atoms with Gasteiger partial charge in [-0.2, -0.15) is 0 Å². The third kappa shape index (κ3) is 6.91. The molecule has 0 aromatic heterocycles. The molecule has 6 heteroatoms. The Bertz CT molecular complexity index is 640. The van der Waals surface area contributed by atoms with Crippen LogP contribution in [0, 0.1) is 0 Å². The van der Waals surface area contributed by atoms with E-state index < -0.39 is 19.7 Å². The summed E-state index contributed by atoms with van der Waals surface area (Å²) < 4.78 is 23.7. The summed E-state index contributed by atoms with van der Waals surface area (Å²) in [5.74, 6) is -1.04. The molecule has 166 valence electrons. The number of methoxy groups -OCH3 is 2. The standard InChI is InChI=1S/C23H40O5Si/c1-10-27-20(24)18-23(26-7,19-14-12-11-13-15-19)17-16-22(5,25-6)28-29(8,9)21(2,3)4/h11-15H,10,16-18H2,1-9H3. The molecule has 2 atom stereocenters. The maximum Gasteiger partial charge on any atom is 0.309 e. The summed E-state index contributed by atoms with van der Waals surface area (Å²) in [6.07, 6.45) is 1.28. The van der Waals surface area contributed by atoms with Crippen LogP contribution in [0.15, 0.2) is 30.3 Å². The molecule has 0 heterocycles. The van der Waals surface area contributed by atoms with E-state index in [0.29, 0.717) is 19.4 Å². The molecular formula is C23H40O5Si. The second-order valence-electron chi connectivity index (χ2n) is 9.25. The summed E-state index contributed by atoms with van der Waals surface area (Å²) in [6, 6.07) is 9.84. The molecule has 0 aliphatic carbocycles. The number of carbonyl (C=O) groups is 1. The van der Waals surface area contributed by atoms with Crippen molar-refractivity contribution in [3.8, 4) is 0 Å². The van der Waals surface area contributed by atoms with E-state index in [-0.39, 0.29) is 17.4 Å². The molecule has 1 aromatic carbocycles. The van der Waals surface area contributed by atoms with Crippen molar-refractivity contribution in [2.45, 2.75) is 83.4 Å². The first-order valence-electron chi connectivity index (χ1n) is 10.4. The lowest BCUT2D eigenvalue weighted by Crippen LogP contribution is -2.50. The van der Waals surface area contributed by atoms with Crippen LogP contribution in [0.25, 0.3) is 0 Å². The van der Waals surface area contributed by atoms with Crippen molar-refractivity contribution in [3.63, 3.8) is 0 Å². The van der Waals surface area contributed by atoms with Gasteiger partial charge in [0, 0.05) is 20.6 Å². The summed E-state index contributed by atoms with van der Waals surface area (Å²) in [7, 11) is 1.27. The number of hydrogen-bond acceptors (Lipinski definition) is 5. The normalized spacial score (nSPS) is 16.7. The Kier molecular flexibility index (Phi) is 9.08. The first kappa shape index (κ1) is 25.8. The molecule has 0 radical (unpaired) electrons. The minimum absolute atomic E-state index is 0.0650. The van der Waals surface area contributed by atoms with Crippen LogP contribution in [0.2, 0.25) is 18.1 Å². The molecule has 0 aliphatic heterocycles. The third-order valence-corrected chi connectivity index (χ3v) is 10.7. The highest BCUT2D eigenvalue weighted by Crippen LogP contribution is 2.42. The molecule has 5 nitrogen and oxygen atoms in total. The molecule has 0 fully saturated rings. The minimum Gasteiger partial charge on any atom is -0.466 e. The first-order valence-corrected chi connectivity index (χ1v) is 13.3. The van der Waals surface area contributed by atoms with Crippen molar-refractivity contribution < 1.29 is 23.4 Å². The van der Waals surface area contributed by atoms with Crippen molar-refractivity contribution in [1.29, 1.82) is 0 Å². The van der Waals surface area contributed by atoms with E-state index >= 15 is 0 Å². The molecule has 1 aromatic rings. The zero-order valence-electron chi connectivity index (χ0n) is 19.8. The quantitative estimate of drug-likeness (QED) is 0.261. The largest absolute Gasteiger partial charge is 0.466 e. The molecule has 0 saturated heterocycles. The van der Waals surface area contributed by atoms with E-state index in [1.807, 2.05) is 44.2 Å². The van der Waals surface area contributed by atoms with Crippen LogP contribution < -0.4 is 0 Å². The molecule has 0 amide bonds. The van der Waals surface area contributed by atoms with E-state index in [2.05, 4.69) is 33.9 Å². The van der Waals surface area contributed by atoms with Crippen molar-refractivity contribution in [1.82, 2.24) is 0 Å². The van der Waals surface area contributed by atoms with Gasteiger partial charge in [-0.1, -0.05) is 51.1 Å². The Balaban J connectivity index is 3.16. The van der Waals surface area contributed by atoms with Gasteiger partial charge in [-0.3, -0.25) is 4.79 Å². The van der Waals surface area contributed by atoms with E-state index in [4.69, 9.17) is 18.6 Å². The predicted molar refractivity (Wildman–Crippen MR) is 119 cm³/mol. The molecule has 2 unspecified atom stereocenters. The smallest absolute Gasteiger partial charge is 0.309 e. The molecular weight excluding hydrogens is 384 g/mol. The van der Waals surface area contributed by atoms with E-state index in [1.54, 1.807) is 14.2 Å². The summed E-state index contributed by atoms with van der Waals surface area (Å²) >= 11 is 0. The van der Waals surface area contributed by atoms with Gasteiger partial charge in [0.1, 0.15) is 5.60 Å². The summed E-state index contributed by atoms with van der Waals surface area (Å²) in [5.41, 5.74) is 0.144. The van der Waals surface area contributed by atoms with Crippen LogP contribution in [0.1, 0.15) is 59.4 Å². The highest BCUT2D eigenvalue weighted by molar-refractivity contribution is 6.74. The summed E-state index contributed by atoms with van der Waals surface area (Å²) in [4.78, 5) is 12.4. The Labute approximate surface area is 178 Å². The maximum atomic E-state index is 12.4. The Hall–Kier alpha value is -1.21. The van der Waals surface area contributed by atoms with Crippen molar-refractivity contribution >= 4 is 14.3 Å². The number of carbonyl (C=O) groups excluding carboxylic acids is 1. The summed E-state index contributed by atoms with van der Waals surface area (Å²) in [5, 5.41) is 0.0650. The highest BCUT2D eigenvalue weighted by atomic mass is 28.4. The fraction of sp³-hybridized carbons (Fsp3) is 0.696. The van der Waals surface area contributed by atoms with Gasteiger partial charge >= 0.3 is 5.97 Å². The minimum atomic E-state index is -2.05. The van der Waals surface area contributed by atoms with Gasteiger partial charge in [-0.25, -0.2) is 0 Å². The lowest BCUT2D eigenvalue weighted by atomic mass is 9.84. The number of rotatable bonds is 11. The fourth-order valence-electron chi connectivity index (χ4n) is 3.13. The Morgan fingerprint density at radius 2 is 1.55 bits per heavy atom. The highest BCUT2D eigenvalue weighted by Gasteiger charge is 2.45. The molecule has 0 bridgehead atoms. The van der Waals surface area contributed by atoms with Gasteiger partial charge in [-0.05, 0) is 44.0 Å². The second-order valence-corrected chi connectivity index (χ2v) is 14.0. The zero-order chi connectivity index (χ0) is 22.3. The van der Waals surface area contributed by atoms with Gasteiger partial charge in [-0.15, -0.1) is 0 Å². The number of hydrogen-bond donors (Lipinski definition) is 0. The molecule has 1 rings (SSSR count). The van der Waals surface area contributed by atoms with Crippen molar-refractivity contribution in [2.75, 3.05) is 20.8 Å². The van der Waals surface area contributed by atoms with Crippen molar-refractivity contribution in [2.24, 2.45) is 0 Å². The van der Waals surface area contributed by atoms with Gasteiger partial charge in [0.25, 0.3) is 0 Å². The van der Waals surface area contributed by atoms with Crippen LogP contribution >= 0.6 is 0 Å². The lowest BCUT2D eigenvalue weighted by molar-refractivity contribution is -0.177. The summed E-state index contributed by atoms with van der Waals surface area (Å²) in [6.45, 7) is 15.2. The predicted octanol–water partition coefficient (Wildman–Crippen LogP) is 5.65. The van der Waals surface area contributed by atoms with E-state index in [1.165, 1.54) is 0 Å². The Morgan fingerprint density at radius 3 is 2.00 bits per heavy atom. The fourth-order valence-corrected chi connectivity index (χ4v) is 4.70. The Morgan fingerprint density at radius 1 is 0.966 bits per heavy atom. The maximum absolute atomic E-state index is 12.4. The van der Waals surface area contributed by atoms with Crippen LogP contribution in [-0.2, 0) is 29.0 Å². The third-order valence-electron chi connectivity index (χ3n) is 6.12. The number of ether oxygens (including phenoxy) is 3. The topological polar surface area (TPSA) is 54.0 Å². The van der Waals surface area contributed by atoms with Crippen LogP contribution in [-0.4, -0.2) is 40.9 Å². The average molecular weight is 425 g/mol. The van der Waals surface area contributed by atoms with Crippen LogP contribution in [0.3, 0.4) is 0 Å². The zero-order valence-corrected chi connectivity index (χ0v) is 20.8. The first-order chi connectivity index (χ1) is 13.3. The van der Waals surface area contributed by atoms with Crippen molar-refractivity contribution in [3.05, 3.63) is 35.9 Å². The molecule has 29 heavy (non-hydrogen) atoms. The molecule has 0 spiro atoms. The SMILES string of the molecule is CCOC(=O)CC(CCC(C)(OC)O[Si](C)(C)C(C)(C)C)(OC)c1ccccc1. The molecule has 0 aliphatic rings. The molecule has 0 N–H and O–H groups in total. The molecule has 0 saturated carbocycles. The number of esters is 1. The second kappa shape index (κ2) is 10.2. The van der Waals surface area contributed by atoms with Gasteiger partial charge in [0.05, 0.1) is 13.0 Å². The van der Waals surface area contributed by atoms with Crippen LogP contribution in [0.5, 0.6) is 0 Å². The van der Waals surface area contributed by atoms with E-state index in [9.17, 15) is 4.79 Å². The van der Waals surface area contributed by atoms with Gasteiger partial charge in [0.15, 0.2) is 14.1 Å².